The average Bonchev–Trinajstić information content (AvgIpc) is 2.45. The topological polar surface area (TPSA) is 95.4 Å². The molecule has 0 unspecified atom stereocenters. The number of nitrogen functional groups attached to an aromatic ring is 1. The van der Waals surface area contributed by atoms with Gasteiger partial charge in [-0.25, -0.2) is 4.79 Å². The zero-order valence-corrected chi connectivity index (χ0v) is 10.7. The summed E-state index contributed by atoms with van der Waals surface area (Å²) >= 11 is 0. The van der Waals surface area contributed by atoms with Gasteiger partial charge in [0.2, 0.25) is 5.91 Å². The van der Waals surface area contributed by atoms with Gasteiger partial charge < -0.3 is 16.2 Å². The van der Waals surface area contributed by atoms with Crippen LogP contribution in [0.1, 0.15) is 26.3 Å². The van der Waals surface area contributed by atoms with Gasteiger partial charge in [0.25, 0.3) is 0 Å². The van der Waals surface area contributed by atoms with Gasteiger partial charge in [0.1, 0.15) is 6.61 Å². The number of primary amides is 1. The van der Waals surface area contributed by atoms with Crippen molar-refractivity contribution in [2.24, 2.45) is 5.73 Å². The fraction of sp³-hybridized carbons (Fsp3) is 0.0667. The van der Waals surface area contributed by atoms with Crippen LogP contribution >= 0.6 is 0 Å². The summed E-state index contributed by atoms with van der Waals surface area (Å²) in [5, 5.41) is 0. The summed E-state index contributed by atoms with van der Waals surface area (Å²) in [6, 6.07) is 13.1. The second-order valence-electron chi connectivity index (χ2n) is 4.26. The highest BCUT2D eigenvalue weighted by Gasteiger charge is 2.07. The summed E-state index contributed by atoms with van der Waals surface area (Å²) in [5.74, 6) is -0.940. The second kappa shape index (κ2) is 5.88. The highest BCUT2D eigenvalue weighted by atomic mass is 16.5. The maximum atomic E-state index is 11.8. The minimum atomic E-state index is -0.492. The predicted octanol–water partition coefficient (Wildman–Crippen LogP) is 1.72. The van der Waals surface area contributed by atoms with Gasteiger partial charge in [-0.1, -0.05) is 18.2 Å². The third-order valence-corrected chi connectivity index (χ3v) is 2.73. The smallest absolute Gasteiger partial charge is 0.338 e. The van der Waals surface area contributed by atoms with E-state index in [-0.39, 0.29) is 6.61 Å². The van der Waals surface area contributed by atoms with E-state index in [2.05, 4.69) is 0 Å². The van der Waals surface area contributed by atoms with Crippen molar-refractivity contribution in [1.82, 2.24) is 0 Å². The number of esters is 1. The molecule has 5 nitrogen and oxygen atoms in total. The summed E-state index contributed by atoms with van der Waals surface area (Å²) in [4.78, 5) is 22.7. The summed E-state index contributed by atoms with van der Waals surface area (Å²) < 4.78 is 5.16. The first-order valence-electron chi connectivity index (χ1n) is 5.97. The third-order valence-electron chi connectivity index (χ3n) is 2.73. The first-order chi connectivity index (χ1) is 9.56. The van der Waals surface area contributed by atoms with E-state index in [1.807, 2.05) is 0 Å². The van der Waals surface area contributed by atoms with Gasteiger partial charge in [0.15, 0.2) is 0 Å². The van der Waals surface area contributed by atoms with Gasteiger partial charge in [-0.3, -0.25) is 4.79 Å². The molecule has 4 N–H and O–H groups in total. The van der Waals surface area contributed by atoms with Crippen molar-refractivity contribution in [1.29, 1.82) is 0 Å². The predicted molar refractivity (Wildman–Crippen MR) is 74.9 cm³/mol. The molecule has 0 aromatic heterocycles. The van der Waals surface area contributed by atoms with E-state index in [1.165, 1.54) is 0 Å². The monoisotopic (exact) mass is 270 g/mol. The molecule has 0 fully saturated rings. The van der Waals surface area contributed by atoms with E-state index in [0.717, 1.165) is 5.56 Å². The Morgan fingerprint density at radius 2 is 1.70 bits per heavy atom. The Kier molecular flexibility index (Phi) is 4.00. The Morgan fingerprint density at radius 1 is 1.00 bits per heavy atom. The van der Waals surface area contributed by atoms with Gasteiger partial charge in [-0.2, -0.15) is 0 Å². The molecule has 0 atom stereocenters. The van der Waals surface area contributed by atoms with Crippen LogP contribution in [0.5, 0.6) is 0 Å². The molecule has 0 aliphatic carbocycles. The van der Waals surface area contributed by atoms with Gasteiger partial charge >= 0.3 is 5.97 Å². The standard InChI is InChI=1S/C15H14N2O3/c16-13-3-1-2-12(8-13)15(19)20-9-10-4-6-11(7-5-10)14(17)18/h1-8H,9,16H2,(H2,17,18). The van der Waals surface area contributed by atoms with Crippen LogP contribution in [0.4, 0.5) is 5.69 Å². The lowest BCUT2D eigenvalue weighted by Crippen LogP contribution is -2.11. The SMILES string of the molecule is NC(=O)c1ccc(COC(=O)c2cccc(N)c2)cc1. The van der Waals surface area contributed by atoms with Crippen LogP contribution in [0.25, 0.3) is 0 Å². The molecule has 2 rings (SSSR count). The zero-order valence-electron chi connectivity index (χ0n) is 10.7. The largest absolute Gasteiger partial charge is 0.457 e. The number of hydrogen-bond acceptors (Lipinski definition) is 4. The van der Waals surface area contributed by atoms with Crippen LogP contribution in [0.3, 0.4) is 0 Å². The molecular weight excluding hydrogens is 256 g/mol. The normalized spacial score (nSPS) is 10.0. The quantitative estimate of drug-likeness (QED) is 0.653. The van der Waals surface area contributed by atoms with E-state index in [9.17, 15) is 9.59 Å². The first kappa shape index (κ1) is 13.6. The summed E-state index contributed by atoms with van der Waals surface area (Å²) in [6.07, 6.45) is 0. The molecule has 0 bridgehead atoms. The maximum Gasteiger partial charge on any atom is 0.338 e. The van der Waals surface area contributed by atoms with Gasteiger partial charge in [0.05, 0.1) is 5.56 Å². The minimum absolute atomic E-state index is 0.118. The van der Waals surface area contributed by atoms with Gasteiger partial charge in [0, 0.05) is 11.3 Å². The molecule has 0 heterocycles. The van der Waals surface area contributed by atoms with Crippen molar-refractivity contribution in [2.45, 2.75) is 6.61 Å². The van der Waals surface area contributed by atoms with E-state index in [1.54, 1.807) is 48.5 Å². The molecule has 2 aromatic carbocycles. The Balaban J connectivity index is 1.98. The number of benzene rings is 2. The van der Waals surface area contributed by atoms with E-state index in [4.69, 9.17) is 16.2 Å². The number of carbonyl (C=O) groups is 2. The van der Waals surface area contributed by atoms with Crippen molar-refractivity contribution in [3.8, 4) is 0 Å². The zero-order chi connectivity index (χ0) is 14.5. The summed E-state index contributed by atoms with van der Waals surface area (Å²) in [5.41, 5.74) is 12.8. The Bertz CT molecular complexity index is 636. The lowest BCUT2D eigenvalue weighted by molar-refractivity contribution is 0.0472. The molecule has 1 amide bonds. The lowest BCUT2D eigenvalue weighted by Gasteiger charge is -2.06. The molecule has 102 valence electrons. The number of ether oxygens (including phenoxy) is 1. The van der Waals surface area contributed by atoms with Crippen LogP contribution in [0.15, 0.2) is 48.5 Å². The van der Waals surface area contributed by atoms with Crippen molar-refractivity contribution in [2.75, 3.05) is 5.73 Å². The number of carbonyl (C=O) groups excluding carboxylic acids is 2. The summed E-state index contributed by atoms with van der Waals surface area (Å²) in [7, 11) is 0. The Hall–Kier alpha value is -2.82. The molecule has 0 spiro atoms. The summed E-state index contributed by atoms with van der Waals surface area (Å²) in [6.45, 7) is 0.118. The molecular formula is C15H14N2O3. The van der Waals surface area contributed by atoms with Crippen LogP contribution in [-0.4, -0.2) is 11.9 Å². The first-order valence-corrected chi connectivity index (χ1v) is 5.97. The fourth-order valence-corrected chi connectivity index (χ4v) is 1.66. The number of rotatable bonds is 4. The Labute approximate surface area is 116 Å². The van der Waals surface area contributed by atoms with Crippen molar-refractivity contribution in [3.63, 3.8) is 0 Å². The fourth-order valence-electron chi connectivity index (χ4n) is 1.66. The molecule has 0 saturated heterocycles. The van der Waals surface area contributed by atoms with Crippen LogP contribution in [-0.2, 0) is 11.3 Å². The molecule has 0 radical (unpaired) electrons. The molecule has 20 heavy (non-hydrogen) atoms. The van der Waals surface area contributed by atoms with E-state index < -0.39 is 11.9 Å². The molecule has 2 aromatic rings. The van der Waals surface area contributed by atoms with Crippen LogP contribution < -0.4 is 11.5 Å². The van der Waals surface area contributed by atoms with Crippen molar-refractivity contribution >= 4 is 17.6 Å². The Morgan fingerprint density at radius 3 is 2.30 bits per heavy atom. The molecule has 0 aliphatic heterocycles. The van der Waals surface area contributed by atoms with Crippen molar-refractivity contribution in [3.05, 3.63) is 65.2 Å². The van der Waals surface area contributed by atoms with Crippen LogP contribution in [0.2, 0.25) is 0 Å². The van der Waals surface area contributed by atoms with E-state index in [0.29, 0.717) is 16.8 Å². The average molecular weight is 270 g/mol. The maximum absolute atomic E-state index is 11.8. The second-order valence-corrected chi connectivity index (χ2v) is 4.26. The lowest BCUT2D eigenvalue weighted by atomic mass is 10.1. The number of hydrogen-bond donors (Lipinski definition) is 2. The highest BCUT2D eigenvalue weighted by molar-refractivity contribution is 5.92. The molecule has 0 aliphatic rings. The molecule has 5 heteroatoms. The minimum Gasteiger partial charge on any atom is -0.457 e. The van der Waals surface area contributed by atoms with Crippen molar-refractivity contribution < 1.29 is 14.3 Å². The van der Waals surface area contributed by atoms with Gasteiger partial charge in [-0.05, 0) is 35.9 Å². The number of amides is 1. The molecule has 0 saturated carbocycles. The third kappa shape index (κ3) is 3.35. The number of nitrogens with two attached hydrogens (primary N) is 2. The van der Waals surface area contributed by atoms with E-state index >= 15 is 0 Å². The van der Waals surface area contributed by atoms with Gasteiger partial charge in [-0.15, -0.1) is 0 Å². The highest BCUT2D eigenvalue weighted by Crippen LogP contribution is 2.10. The number of anilines is 1. The van der Waals surface area contributed by atoms with Crippen LogP contribution in [0, 0.1) is 0 Å².